The van der Waals surface area contributed by atoms with Gasteiger partial charge in [-0.1, -0.05) is 0 Å². The third kappa shape index (κ3) is 1.45. The van der Waals surface area contributed by atoms with Crippen molar-refractivity contribution < 1.29 is 57.1 Å². The van der Waals surface area contributed by atoms with E-state index in [4.69, 9.17) is 0 Å². The van der Waals surface area contributed by atoms with E-state index in [1.54, 1.807) is 0 Å². The maximum absolute atomic E-state index is 13.5. The van der Waals surface area contributed by atoms with Crippen molar-refractivity contribution in [3.8, 4) is 0 Å². The van der Waals surface area contributed by atoms with Crippen molar-refractivity contribution in [2.24, 2.45) is 5.41 Å². The molecular weight excluding hydrogens is 343 g/mol. The van der Waals surface area contributed by atoms with Crippen LogP contribution in [0.25, 0.3) is 0 Å². The van der Waals surface area contributed by atoms with Gasteiger partial charge in [0.25, 0.3) is 5.41 Å². The fourth-order valence-corrected chi connectivity index (χ4v) is 2.31. The lowest BCUT2D eigenvalue weighted by Crippen LogP contribution is -2.68. The molecule has 1 atom stereocenters. The first kappa shape index (κ1) is 18.1. The molecule has 21 heavy (non-hydrogen) atoms. The molecule has 0 spiro atoms. The molecule has 1 rings (SSSR count). The minimum atomic E-state index is -7.47. The van der Waals surface area contributed by atoms with Crippen LogP contribution >= 0.6 is 0 Å². The second-order valence-electron chi connectivity index (χ2n) is 4.47. The molecule has 0 aromatic heterocycles. The Morgan fingerprint density at radius 3 is 0.905 bits per heavy atom. The van der Waals surface area contributed by atoms with Crippen LogP contribution in [-0.4, -0.2) is 35.8 Å². The lowest BCUT2D eigenvalue weighted by molar-refractivity contribution is -0.429. The lowest BCUT2D eigenvalue weighted by atomic mass is 9.72. The fourth-order valence-electron chi connectivity index (χ4n) is 2.31. The quantitative estimate of drug-likeness (QED) is 0.556. The zero-order chi connectivity index (χ0) is 17.5. The van der Waals surface area contributed by atoms with E-state index in [0.29, 0.717) is 0 Å². The monoisotopic (exact) mass is 346 g/mol. The van der Waals surface area contributed by atoms with Crippen LogP contribution < -0.4 is 0 Å². The predicted octanol–water partition coefficient (Wildman–Crippen LogP) is 4.75. The highest BCUT2D eigenvalue weighted by molar-refractivity contribution is 5.31. The smallest absolute Gasteiger partial charge is 0.236 e. The van der Waals surface area contributed by atoms with Crippen molar-refractivity contribution in [1.29, 1.82) is 0 Å². The van der Waals surface area contributed by atoms with Crippen molar-refractivity contribution >= 4 is 0 Å². The first-order chi connectivity index (χ1) is 8.75. The number of hydrogen-bond donors (Lipinski definition) is 0. The van der Waals surface area contributed by atoms with Gasteiger partial charge in [0.15, 0.2) is 0 Å². The molecule has 0 radical (unpaired) electrons. The molecule has 1 saturated carbocycles. The molecule has 0 saturated heterocycles. The minimum absolute atomic E-state index is 1.28. The van der Waals surface area contributed by atoms with Crippen molar-refractivity contribution in [3.63, 3.8) is 0 Å². The summed E-state index contributed by atoms with van der Waals surface area (Å²) in [7, 11) is 0. The van der Waals surface area contributed by atoms with Crippen molar-refractivity contribution in [1.82, 2.24) is 0 Å². The Labute approximate surface area is 106 Å². The molecule has 1 aliphatic rings. The van der Waals surface area contributed by atoms with Gasteiger partial charge in [-0.15, -0.1) is 0 Å². The number of rotatable bonds is 0. The van der Waals surface area contributed by atoms with Crippen LogP contribution in [0.4, 0.5) is 57.1 Å². The summed E-state index contributed by atoms with van der Waals surface area (Å²) in [5.74, 6) is -21.6. The summed E-state index contributed by atoms with van der Waals surface area (Å²) < 4.78 is 166. The average Bonchev–Trinajstić information content (AvgIpc) is 2.15. The van der Waals surface area contributed by atoms with Gasteiger partial charge in [-0.3, -0.25) is 0 Å². The number of hydrogen-bond acceptors (Lipinski definition) is 0. The van der Waals surface area contributed by atoms with Crippen LogP contribution in [0, 0.1) is 5.41 Å². The second kappa shape index (κ2) is 3.70. The highest BCUT2D eigenvalue weighted by Gasteiger charge is 3.07. The topological polar surface area (TPSA) is 0 Å². The van der Waals surface area contributed by atoms with E-state index in [1.807, 2.05) is 0 Å². The molecule has 0 aromatic rings. The zero-order valence-electron chi connectivity index (χ0n) is 9.41. The maximum Gasteiger partial charge on any atom is 0.412 e. The van der Waals surface area contributed by atoms with Gasteiger partial charge < -0.3 is 0 Å². The molecule has 0 heterocycles. The molecule has 13 heteroatoms. The Morgan fingerprint density at radius 2 is 0.810 bits per heavy atom. The summed E-state index contributed by atoms with van der Waals surface area (Å²) in [5, 5.41) is 0. The largest absolute Gasteiger partial charge is 0.412 e. The minimum Gasteiger partial charge on any atom is -0.236 e. The molecular formula is C8H3F13. The number of alkyl halides is 13. The summed E-state index contributed by atoms with van der Waals surface area (Å²) >= 11 is 0. The van der Waals surface area contributed by atoms with E-state index in [9.17, 15) is 57.1 Å². The summed E-state index contributed by atoms with van der Waals surface area (Å²) in [5.41, 5.74) is -13.6. The summed E-state index contributed by atoms with van der Waals surface area (Å²) in [6.45, 7) is -1.28. The van der Waals surface area contributed by atoms with Crippen LogP contribution in [0.2, 0.25) is 0 Å². The lowest BCUT2D eigenvalue weighted by Gasteiger charge is -2.42. The van der Waals surface area contributed by atoms with Crippen LogP contribution in [0.3, 0.4) is 0 Å². The molecule has 0 aliphatic heterocycles. The first-order valence-electron chi connectivity index (χ1n) is 4.71. The molecule has 0 N–H and O–H groups in total. The molecule has 1 aliphatic carbocycles. The Balaban J connectivity index is 4.06. The first-order valence-corrected chi connectivity index (χ1v) is 4.71. The van der Waals surface area contributed by atoms with Crippen LogP contribution in [0.5, 0.6) is 0 Å². The average molecular weight is 346 g/mol. The standard InChI is InChI=1S/C8H3F13/c1-2(9)3(7(16,17)18,8(19,20)21)5(12,13)6(14,15)4(2,10)11/h1H3. The summed E-state index contributed by atoms with van der Waals surface area (Å²) in [4.78, 5) is 0. The molecule has 1 fully saturated rings. The van der Waals surface area contributed by atoms with Gasteiger partial charge in [-0.2, -0.15) is 52.7 Å². The van der Waals surface area contributed by atoms with Crippen LogP contribution in [0.15, 0.2) is 0 Å². The number of halogens is 13. The van der Waals surface area contributed by atoms with E-state index < -0.39 is 48.1 Å². The van der Waals surface area contributed by atoms with Gasteiger partial charge in [-0.25, -0.2) is 4.39 Å². The van der Waals surface area contributed by atoms with E-state index in [2.05, 4.69) is 0 Å². The van der Waals surface area contributed by atoms with E-state index in [1.165, 1.54) is 0 Å². The van der Waals surface area contributed by atoms with Crippen molar-refractivity contribution in [2.45, 2.75) is 42.7 Å². The molecule has 126 valence electrons. The Hall–Kier alpha value is -0.910. The molecule has 0 bridgehead atoms. The molecule has 1 unspecified atom stereocenters. The van der Waals surface area contributed by atoms with Crippen LogP contribution in [-0.2, 0) is 0 Å². The Kier molecular flexibility index (Phi) is 3.20. The van der Waals surface area contributed by atoms with Gasteiger partial charge in [0, 0.05) is 0 Å². The van der Waals surface area contributed by atoms with Gasteiger partial charge in [0.1, 0.15) is 0 Å². The summed E-state index contributed by atoms with van der Waals surface area (Å²) in [6, 6.07) is 0. The predicted molar refractivity (Wildman–Crippen MR) is 38.9 cm³/mol. The van der Waals surface area contributed by atoms with Gasteiger partial charge in [0.2, 0.25) is 5.67 Å². The highest BCUT2D eigenvalue weighted by Crippen LogP contribution is 2.78. The highest BCUT2D eigenvalue weighted by atomic mass is 19.4. The van der Waals surface area contributed by atoms with Gasteiger partial charge in [0.05, 0.1) is 0 Å². The molecule has 0 aromatic carbocycles. The maximum atomic E-state index is 13.5. The third-order valence-corrected chi connectivity index (χ3v) is 3.40. The van der Waals surface area contributed by atoms with Crippen LogP contribution in [0.1, 0.15) is 6.92 Å². The van der Waals surface area contributed by atoms with Crippen molar-refractivity contribution in [2.75, 3.05) is 0 Å². The van der Waals surface area contributed by atoms with E-state index in [0.717, 1.165) is 0 Å². The molecule has 0 nitrogen and oxygen atoms in total. The normalized spacial score (nSPS) is 34.0. The summed E-state index contributed by atoms with van der Waals surface area (Å²) in [6.07, 6.45) is -14.9. The second-order valence-corrected chi connectivity index (χ2v) is 4.47. The Bertz CT molecular complexity index is 394. The fraction of sp³-hybridized carbons (Fsp3) is 1.00. The SMILES string of the molecule is CC1(F)C(F)(F)C(F)(F)C(F)(F)C1(C(F)(F)F)C(F)(F)F. The van der Waals surface area contributed by atoms with Gasteiger partial charge >= 0.3 is 30.1 Å². The Morgan fingerprint density at radius 1 is 0.524 bits per heavy atom. The van der Waals surface area contributed by atoms with E-state index in [-0.39, 0.29) is 0 Å². The van der Waals surface area contributed by atoms with Gasteiger partial charge in [-0.05, 0) is 6.92 Å². The zero-order valence-corrected chi connectivity index (χ0v) is 9.41. The van der Waals surface area contributed by atoms with E-state index >= 15 is 0 Å². The third-order valence-electron chi connectivity index (χ3n) is 3.40. The molecule has 0 amide bonds. The van der Waals surface area contributed by atoms with Crippen molar-refractivity contribution in [3.05, 3.63) is 0 Å².